The van der Waals surface area contributed by atoms with Crippen LogP contribution < -0.4 is 19.7 Å². The van der Waals surface area contributed by atoms with Gasteiger partial charge >= 0.3 is 0 Å². The van der Waals surface area contributed by atoms with E-state index < -0.39 is 0 Å². The summed E-state index contributed by atoms with van der Waals surface area (Å²) in [6.45, 7) is 7.67. The van der Waals surface area contributed by atoms with Gasteiger partial charge in [-0.15, -0.1) is 0 Å². The van der Waals surface area contributed by atoms with Crippen LogP contribution in [-0.2, 0) is 4.79 Å². The van der Waals surface area contributed by atoms with Crippen LogP contribution in [-0.4, -0.2) is 61.7 Å². The van der Waals surface area contributed by atoms with Crippen LogP contribution in [0.4, 0.5) is 5.82 Å². The summed E-state index contributed by atoms with van der Waals surface area (Å²) < 4.78 is 11.2. The fourth-order valence-electron chi connectivity index (χ4n) is 3.73. The summed E-state index contributed by atoms with van der Waals surface area (Å²) in [5, 5.41) is 3.09. The van der Waals surface area contributed by atoms with Gasteiger partial charge in [0, 0.05) is 45.3 Å². The highest BCUT2D eigenvalue weighted by Crippen LogP contribution is 2.32. The fourth-order valence-corrected chi connectivity index (χ4v) is 3.73. The topological polar surface area (TPSA) is 66.9 Å². The zero-order valence-corrected chi connectivity index (χ0v) is 16.8. The lowest BCUT2D eigenvalue weighted by Crippen LogP contribution is -2.47. The number of nitrogens with zero attached hydrogens (tertiary/aromatic N) is 3. The van der Waals surface area contributed by atoms with Gasteiger partial charge in [0.05, 0.1) is 6.04 Å². The Morgan fingerprint density at radius 2 is 1.90 bits per heavy atom. The van der Waals surface area contributed by atoms with Gasteiger partial charge in [-0.1, -0.05) is 12.1 Å². The Kier molecular flexibility index (Phi) is 6.14. The maximum Gasteiger partial charge on any atom is 0.221 e. The zero-order chi connectivity index (χ0) is 20.1. The van der Waals surface area contributed by atoms with Gasteiger partial charge in [0.2, 0.25) is 5.91 Å². The highest BCUT2D eigenvalue weighted by molar-refractivity contribution is 5.76. The standard InChI is InChI=1S/C22H28N4O3/c1-17(18-5-6-19-20(16-18)29-15-14-28-19)24-22(27)7-9-25-10-12-26(13-11-25)21-4-2-3-8-23-21/h2-6,8,16-17H,7,9-15H2,1H3,(H,24,27). The molecule has 7 heteroatoms. The Morgan fingerprint density at radius 3 is 2.66 bits per heavy atom. The monoisotopic (exact) mass is 396 g/mol. The minimum atomic E-state index is -0.0701. The van der Waals surface area contributed by atoms with Crippen LogP contribution in [0.3, 0.4) is 0 Å². The third kappa shape index (κ3) is 4.98. The largest absolute Gasteiger partial charge is 0.486 e. The Labute approximate surface area is 171 Å². The first-order valence-electron chi connectivity index (χ1n) is 10.3. The molecular weight excluding hydrogens is 368 g/mol. The van der Waals surface area contributed by atoms with Gasteiger partial charge in [0.25, 0.3) is 0 Å². The van der Waals surface area contributed by atoms with Gasteiger partial charge in [-0.3, -0.25) is 9.69 Å². The molecule has 2 aromatic rings. The van der Waals surface area contributed by atoms with Gasteiger partial charge in [0.15, 0.2) is 11.5 Å². The van der Waals surface area contributed by atoms with E-state index in [0.717, 1.165) is 55.6 Å². The Morgan fingerprint density at radius 1 is 1.10 bits per heavy atom. The lowest BCUT2D eigenvalue weighted by Gasteiger charge is -2.35. The molecule has 1 saturated heterocycles. The van der Waals surface area contributed by atoms with Gasteiger partial charge in [-0.05, 0) is 36.8 Å². The van der Waals surface area contributed by atoms with Gasteiger partial charge < -0.3 is 19.7 Å². The second-order valence-electron chi connectivity index (χ2n) is 7.46. The average Bonchev–Trinajstić information content (AvgIpc) is 2.78. The molecule has 0 bridgehead atoms. The van der Waals surface area contributed by atoms with Crippen molar-refractivity contribution in [3.8, 4) is 11.5 Å². The number of fused-ring (bicyclic) bond motifs is 1. The van der Waals surface area contributed by atoms with E-state index in [2.05, 4.69) is 20.1 Å². The van der Waals surface area contributed by atoms with Crippen molar-refractivity contribution in [1.29, 1.82) is 0 Å². The first-order chi connectivity index (χ1) is 14.2. The van der Waals surface area contributed by atoms with E-state index in [1.807, 2.05) is 49.5 Å². The van der Waals surface area contributed by atoms with Crippen LogP contribution in [0.1, 0.15) is 24.9 Å². The molecule has 7 nitrogen and oxygen atoms in total. The number of hydrogen-bond donors (Lipinski definition) is 1. The van der Waals surface area contributed by atoms with E-state index >= 15 is 0 Å². The summed E-state index contributed by atoms with van der Waals surface area (Å²) in [6.07, 6.45) is 2.33. The number of nitrogens with one attached hydrogen (secondary N) is 1. The molecule has 2 aliphatic rings. The molecule has 1 N–H and O–H groups in total. The Hall–Kier alpha value is -2.80. The lowest BCUT2D eigenvalue weighted by atomic mass is 10.1. The van der Waals surface area contributed by atoms with Crippen LogP contribution in [0.25, 0.3) is 0 Å². The van der Waals surface area contributed by atoms with Crippen molar-refractivity contribution in [2.45, 2.75) is 19.4 Å². The van der Waals surface area contributed by atoms with E-state index in [1.54, 1.807) is 0 Å². The molecule has 1 aromatic carbocycles. The molecule has 4 rings (SSSR count). The quantitative estimate of drug-likeness (QED) is 0.808. The normalized spacial score (nSPS) is 17.6. The van der Waals surface area contributed by atoms with Gasteiger partial charge in [-0.25, -0.2) is 4.98 Å². The second-order valence-corrected chi connectivity index (χ2v) is 7.46. The summed E-state index contributed by atoms with van der Waals surface area (Å²) >= 11 is 0. The summed E-state index contributed by atoms with van der Waals surface area (Å²) in [6, 6.07) is 11.8. The number of piperazine rings is 1. The highest BCUT2D eigenvalue weighted by Gasteiger charge is 2.19. The van der Waals surface area contributed by atoms with Crippen LogP contribution in [0.5, 0.6) is 11.5 Å². The predicted molar refractivity (Wildman–Crippen MR) is 111 cm³/mol. The number of ether oxygens (including phenoxy) is 2. The van der Waals surface area contributed by atoms with Gasteiger partial charge in [-0.2, -0.15) is 0 Å². The van der Waals surface area contributed by atoms with Crippen molar-refractivity contribution in [3.05, 3.63) is 48.2 Å². The van der Waals surface area contributed by atoms with Crippen LogP contribution in [0, 0.1) is 0 Å². The molecule has 0 aliphatic carbocycles. The molecule has 1 fully saturated rings. The van der Waals surface area contributed by atoms with Crippen LogP contribution in [0.2, 0.25) is 0 Å². The van der Waals surface area contributed by atoms with Gasteiger partial charge in [0.1, 0.15) is 19.0 Å². The number of amides is 1. The Bertz CT molecular complexity index is 822. The maximum absolute atomic E-state index is 12.4. The number of rotatable bonds is 6. The SMILES string of the molecule is CC(NC(=O)CCN1CCN(c2ccccn2)CC1)c1ccc2c(c1)OCCO2. The van der Waals surface area contributed by atoms with Crippen LogP contribution in [0.15, 0.2) is 42.6 Å². The number of anilines is 1. The summed E-state index contributed by atoms with van der Waals surface area (Å²) in [5.74, 6) is 2.61. The first-order valence-corrected chi connectivity index (χ1v) is 10.3. The van der Waals surface area contributed by atoms with E-state index in [4.69, 9.17) is 9.47 Å². The lowest BCUT2D eigenvalue weighted by molar-refractivity contribution is -0.122. The summed E-state index contributed by atoms with van der Waals surface area (Å²) in [5.41, 5.74) is 1.02. The van der Waals surface area contributed by atoms with Crippen molar-refractivity contribution in [2.24, 2.45) is 0 Å². The fraction of sp³-hybridized carbons (Fsp3) is 0.455. The average molecular weight is 396 g/mol. The van der Waals surface area contributed by atoms with E-state index in [9.17, 15) is 4.79 Å². The molecule has 1 aromatic heterocycles. The predicted octanol–water partition coefficient (Wildman–Crippen LogP) is 2.24. The molecule has 2 aliphatic heterocycles. The number of hydrogen-bond acceptors (Lipinski definition) is 6. The smallest absolute Gasteiger partial charge is 0.221 e. The number of carbonyl (C=O) groups excluding carboxylic acids is 1. The third-order valence-electron chi connectivity index (χ3n) is 5.44. The maximum atomic E-state index is 12.4. The molecular formula is C22H28N4O3. The van der Waals surface area contributed by atoms with Crippen molar-refractivity contribution in [2.75, 3.05) is 50.8 Å². The van der Waals surface area contributed by atoms with Crippen molar-refractivity contribution < 1.29 is 14.3 Å². The molecule has 0 radical (unpaired) electrons. The molecule has 0 saturated carbocycles. The number of pyridine rings is 1. The van der Waals surface area contributed by atoms with Crippen LogP contribution >= 0.6 is 0 Å². The molecule has 154 valence electrons. The number of benzene rings is 1. The van der Waals surface area contributed by atoms with Crippen molar-refractivity contribution in [1.82, 2.24) is 15.2 Å². The molecule has 1 unspecified atom stereocenters. The Balaban J connectivity index is 1.21. The summed E-state index contributed by atoms with van der Waals surface area (Å²) in [4.78, 5) is 21.5. The van der Waals surface area contributed by atoms with E-state index in [-0.39, 0.29) is 11.9 Å². The minimum absolute atomic E-state index is 0.0690. The molecule has 3 heterocycles. The summed E-state index contributed by atoms with van der Waals surface area (Å²) in [7, 11) is 0. The van der Waals surface area contributed by atoms with Crippen molar-refractivity contribution in [3.63, 3.8) is 0 Å². The molecule has 29 heavy (non-hydrogen) atoms. The minimum Gasteiger partial charge on any atom is -0.486 e. The molecule has 1 atom stereocenters. The molecule has 0 spiro atoms. The second kappa shape index (κ2) is 9.13. The van der Waals surface area contributed by atoms with E-state index in [1.165, 1.54) is 0 Å². The zero-order valence-electron chi connectivity index (χ0n) is 16.8. The van der Waals surface area contributed by atoms with E-state index in [0.29, 0.717) is 19.6 Å². The third-order valence-corrected chi connectivity index (χ3v) is 5.44. The number of carbonyl (C=O) groups is 1. The molecule has 1 amide bonds. The van der Waals surface area contributed by atoms with Crippen molar-refractivity contribution >= 4 is 11.7 Å². The number of aromatic nitrogens is 1. The first kappa shape index (κ1) is 19.5. The highest BCUT2D eigenvalue weighted by atomic mass is 16.6.